The van der Waals surface area contributed by atoms with E-state index < -0.39 is 0 Å². The molecule has 1 aromatic rings. The van der Waals surface area contributed by atoms with Gasteiger partial charge in [0.05, 0.1) is 0 Å². The summed E-state index contributed by atoms with van der Waals surface area (Å²) in [6.45, 7) is 2.79. The number of benzene rings is 1. The molecule has 1 aromatic carbocycles. The molecule has 1 unspecified atom stereocenters. The van der Waals surface area contributed by atoms with Crippen LogP contribution in [0.25, 0.3) is 0 Å². The minimum atomic E-state index is -0.383. The van der Waals surface area contributed by atoms with Crippen molar-refractivity contribution in [3.8, 4) is 0 Å². The Balaban J connectivity index is 1.80. The Morgan fingerprint density at radius 2 is 1.83 bits per heavy atom. The van der Waals surface area contributed by atoms with Gasteiger partial charge in [-0.3, -0.25) is 14.4 Å². The second kappa shape index (κ2) is 8.28. The minimum absolute atomic E-state index is 0.134. The van der Waals surface area contributed by atoms with Crippen LogP contribution in [-0.4, -0.2) is 43.5 Å². The van der Waals surface area contributed by atoms with Crippen molar-refractivity contribution in [1.82, 2.24) is 10.6 Å². The van der Waals surface area contributed by atoms with E-state index in [4.69, 9.17) is 4.74 Å². The fraction of sp³-hybridized carbons (Fsp3) is 0.438. The van der Waals surface area contributed by atoms with Crippen LogP contribution in [0.5, 0.6) is 0 Å². The van der Waals surface area contributed by atoms with Crippen LogP contribution in [0.1, 0.15) is 30.1 Å². The third-order valence-electron chi connectivity index (χ3n) is 3.42. The molecule has 2 rings (SSSR count). The molecule has 0 aliphatic carbocycles. The molecule has 124 valence electrons. The van der Waals surface area contributed by atoms with E-state index in [1.54, 1.807) is 24.3 Å². The van der Waals surface area contributed by atoms with Crippen LogP contribution in [0.4, 0.5) is 5.69 Å². The van der Waals surface area contributed by atoms with Gasteiger partial charge in [-0.1, -0.05) is 0 Å². The van der Waals surface area contributed by atoms with Gasteiger partial charge < -0.3 is 20.7 Å². The fourth-order valence-electron chi connectivity index (χ4n) is 2.23. The summed E-state index contributed by atoms with van der Waals surface area (Å²) in [5.74, 6) is -0.520. The van der Waals surface area contributed by atoms with Crippen LogP contribution in [0.2, 0.25) is 0 Å². The third-order valence-corrected chi connectivity index (χ3v) is 3.42. The molecule has 7 nitrogen and oxygen atoms in total. The molecule has 0 saturated carbocycles. The molecule has 7 heteroatoms. The number of carbonyl (C=O) groups is 3. The number of anilines is 1. The predicted molar refractivity (Wildman–Crippen MR) is 85.1 cm³/mol. The summed E-state index contributed by atoms with van der Waals surface area (Å²) in [6, 6.07) is 6.63. The van der Waals surface area contributed by atoms with Crippen molar-refractivity contribution in [3.63, 3.8) is 0 Å². The zero-order chi connectivity index (χ0) is 16.7. The minimum Gasteiger partial charge on any atom is -0.368 e. The van der Waals surface area contributed by atoms with E-state index in [1.807, 2.05) is 0 Å². The van der Waals surface area contributed by atoms with Crippen molar-refractivity contribution < 1.29 is 19.1 Å². The third kappa shape index (κ3) is 5.37. The van der Waals surface area contributed by atoms with E-state index in [0.717, 1.165) is 12.8 Å². The lowest BCUT2D eigenvalue weighted by Crippen LogP contribution is -2.33. The number of hydrogen-bond donors (Lipinski definition) is 3. The molecule has 1 atom stereocenters. The van der Waals surface area contributed by atoms with Crippen molar-refractivity contribution >= 4 is 23.4 Å². The normalized spacial score (nSPS) is 16.7. The van der Waals surface area contributed by atoms with E-state index in [0.29, 0.717) is 30.9 Å². The van der Waals surface area contributed by atoms with Gasteiger partial charge in [-0.15, -0.1) is 0 Å². The lowest BCUT2D eigenvalue weighted by molar-refractivity contribution is -0.124. The highest BCUT2D eigenvalue weighted by atomic mass is 16.5. The topological polar surface area (TPSA) is 96.5 Å². The SMILES string of the molecule is CC(=O)NCCNC(=O)c1ccc(NC(=O)C2CCCO2)cc1. The van der Waals surface area contributed by atoms with Gasteiger partial charge in [0.15, 0.2) is 0 Å². The maximum absolute atomic E-state index is 11.9. The van der Waals surface area contributed by atoms with Gasteiger partial charge in [0, 0.05) is 37.9 Å². The molecular formula is C16H21N3O4. The van der Waals surface area contributed by atoms with E-state index >= 15 is 0 Å². The predicted octanol–water partition coefficient (Wildman–Crippen LogP) is 0.670. The smallest absolute Gasteiger partial charge is 0.253 e. The van der Waals surface area contributed by atoms with Crippen LogP contribution >= 0.6 is 0 Å². The molecular weight excluding hydrogens is 298 g/mol. The molecule has 1 aliphatic heterocycles. The van der Waals surface area contributed by atoms with Crippen molar-refractivity contribution in [2.45, 2.75) is 25.9 Å². The summed E-state index contributed by atoms with van der Waals surface area (Å²) in [5, 5.41) is 8.07. The second-order valence-electron chi connectivity index (χ2n) is 5.31. The van der Waals surface area contributed by atoms with Crippen LogP contribution in [-0.2, 0) is 14.3 Å². The molecule has 0 bridgehead atoms. The average Bonchev–Trinajstić information content (AvgIpc) is 3.06. The first-order chi connectivity index (χ1) is 11.1. The molecule has 3 N–H and O–H groups in total. The van der Waals surface area contributed by atoms with Crippen LogP contribution in [0, 0.1) is 0 Å². The molecule has 3 amide bonds. The first kappa shape index (κ1) is 17.0. The summed E-state index contributed by atoms with van der Waals surface area (Å²) < 4.78 is 5.31. The molecule has 0 radical (unpaired) electrons. The number of carbonyl (C=O) groups excluding carboxylic acids is 3. The summed E-state index contributed by atoms with van der Waals surface area (Å²) in [6.07, 6.45) is 1.25. The van der Waals surface area contributed by atoms with E-state index in [2.05, 4.69) is 16.0 Å². The number of ether oxygens (including phenoxy) is 1. The van der Waals surface area contributed by atoms with Gasteiger partial charge in [-0.2, -0.15) is 0 Å². The lowest BCUT2D eigenvalue weighted by Gasteiger charge is -2.11. The summed E-state index contributed by atoms with van der Waals surface area (Å²) >= 11 is 0. The van der Waals surface area contributed by atoms with Crippen molar-refractivity contribution in [1.29, 1.82) is 0 Å². The summed E-state index contributed by atoms with van der Waals surface area (Å²) in [5.41, 5.74) is 1.11. The van der Waals surface area contributed by atoms with Crippen LogP contribution in [0.15, 0.2) is 24.3 Å². The maximum atomic E-state index is 11.9. The second-order valence-corrected chi connectivity index (χ2v) is 5.31. The Bertz CT molecular complexity index is 565. The van der Waals surface area contributed by atoms with Gasteiger partial charge in [-0.05, 0) is 37.1 Å². The zero-order valence-corrected chi connectivity index (χ0v) is 13.1. The molecule has 1 aliphatic rings. The van der Waals surface area contributed by atoms with E-state index in [9.17, 15) is 14.4 Å². The molecule has 0 spiro atoms. The quantitative estimate of drug-likeness (QED) is 0.671. The Labute approximate surface area is 134 Å². The Morgan fingerprint density at radius 3 is 2.43 bits per heavy atom. The molecule has 0 aromatic heterocycles. The highest BCUT2D eigenvalue weighted by Gasteiger charge is 2.23. The lowest BCUT2D eigenvalue weighted by atomic mass is 10.2. The standard InChI is InChI=1S/C16H21N3O4/c1-11(20)17-8-9-18-15(21)12-4-6-13(7-5-12)19-16(22)14-3-2-10-23-14/h4-7,14H,2-3,8-10H2,1H3,(H,17,20)(H,18,21)(H,19,22). The van der Waals surface area contributed by atoms with E-state index in [-0.39, 0.29) is 23.8 Å². The summed E-state index contributed by atoms with van der Waals surface area (Å²) in [7, 11) is 0. The maximum Gasteiger partial charge on any atom is 0.253 e. The van der Waals surface area contributed by atoms with Crippen molar-refractivity contribution in [3.05, 3.63) is 29.8 Å². The monoisotopic (exact) mass is 319 g/mol. The van der Waals surface area contributed by atoms with Gasteiger partial charge in [-0.25, -0.2) is 0 Å². The Morgan fingerprint density at radius 1 is 1.13 bits per heavy atom. The fourth-order valence-corrected chi connectivity index (χ4v) is 2.23. The van der Waals surface area contributed by atoms with Crippen molar-refractivity contribution in [2.75, 3.05) is 25.0 Å². The Hall–Kier alpha value is -2.41. The number of nitrogens with one attached hydrogen (secondary N) is 3. The van der Waals surface area contributed by atoms with Crippen molar-refractivity contribution in [2.24, 2.45) is 0 Å². The number of rotatable bonds is 6. The molecule has 1 saturated heterocycles. The summed E-state index contributed by atoms with van der Waals surface area (Å²) in [4.78, 5) is 34.5. The number of amides is 3. The zero-order valence-electron chi connectivity index (χ0n) is 13.1. The molecule has 23 heavy (non-hydrogen) atoms. The number of hydrogen-bond acceptors (Lipinski definition) is 4. The first-order valence-electron chi connectivity index (χ1n) is 7.61. The molecule has 1 heterocycles. The van der Waals surface area contributed by atoms with Gasteiger partial charge in [0.25, 0.3) is 11.8 Å². The van der Waals surface area contributed by atoms with E-state index in [1.165, 1.54) is 6.92 Å². The average molecular weight is 319 g/mol. The highest BCUT2D eigenvalue weighted by molar-refractivity contribution is 5.96. The molecule has 1 fully saturated rings. The Kier molecular flexibility index (Phi) is 6.10. The van der Waals surface area contributed by atoms with Gasteiger partial charge >= 0.3 is 0 Å². The van der Waals surface area contributed by atoms with Crippen LogP contribution in [0.3, 0.4) is 0 Å². The highest BCUT2D eigenvalue weighted by Crippen LogP contribution is 2.15. The van der Waals surface area contributed by atoms with Gasteiger partial charge in [0.2, 0.25) is 5.91 Å². The van der Waals surface area contributed by atoms with Crippen LogP contribution < -0.4 is 16.0 Å². The van der Waals surface area contributed by atoms with Gasteiger partial charge in [0.1, 0.15) is 6.10 Å². The largest absolute Gasteiger partial charge is 0.368 e. The first-order valence-corrected chi connectivity index (χ1v) is 7.61.